The number of rotatable bonds is 5. The number of carbonyl (C=O) groups is 1. The van der Waals surface area contributed by atoms with E-state index in [1.54, 1.807) is 25.2 Å². The van der Waals surface area contributed by atoms with Gasteiger partial charge in [-0.25, -0.2) is 0 Å². The van der Waals surface area contributed by atoms with Crippen molar-refractivity contribution >= 4 is 5.91 Å². The van der Waals surface area contributed by atoms with Crippen molar-refractivity contribution in [3.05, 3.63) is 18.0 Å². The summed E-state index contributed by atoms with van der Waals surface area (Å²) < 4.78 is 1.83. The highest BCUT2D eigenvalue weighted by Crippen LogP contribution is 2.13. The van der Waals surface area contributed by atoms with Gasteiger partial charge in [0, 0.05) is 26.0 Å². The summed E-state index contributed by atoms with van der Waals surface area (Å²) in [5.41, 5.74) is 1.14. The molecule has 0 aromatic carbocycles. The minimum absolute atomic E-state index is 0.0847. The number of carbonyl (C=O) groups excluding carboxylic acids is 1. The molecule has 0 bridgehead atoms. The van der Waals surface area contributed by atoms with Gasteiger partial charge in [-0.1, -0.05) is 13.3 Å². The second-order valence-corrected chi connectivity index (χ2v) is 4.28. The summed E-state index contributed by atoms with van der Waals surface area (Å²) in [7, 11) is 3.54. The van der Waals surface area contributed by atoms with Crippen molar-refractivity contribution < 1.29 is 4.79 Å². The van der Waals surface area contributed by atoms with Gasteiger partial charge in [-0.15, -0.1) is 0 Å². The lowest BCUT2D eigenvalue weighted by molar-refractivity contribution is -0.132. The van der Waals surface area contributed by atoms with E-state index in [-0.39, 0.29) is 11.9 Å². The Labute approximate surface area is 97.2 Å². The normalized spacial score (nSPS) is 12.5. The second kappa shape index (κ2) is 5.68. The summed E-state index contributed by atoms with van der Waals surface area (Å²) in [5.74, 6) is 0.0847. The van der Waals surface area contributed by atoms with Crippen LogP contribution in [0.25, 0.3) is 0 Å². The van der Waals surface area contributed by atoms with Crippen molar-refractivity contribution in [3.63, 3.8) is 0 Å². The molecule has 0 spiro atoms. The molecule has 1 unspecified atom stereocenters. The van der Waals surface area contributed by atoms with Gasteiger partial charge < -0.3 is 4.90 Å². The average Bonchev–Trinajstić information content (AvgIpc) is 2.72. The molecule has 1 atom stereocenters. The molecule has 0 fully saturated rings. The van der Waals surface area contributed by atoms with Gasteiger partial charge >= 0.3 is 0 Å². The van der Waals surface area contributed by atoms with E-state index in [1.807, 2.05) is 17.7 Å². The maximum absolute atomic E-state index is 11.8. The van der Waals surface area contributed by atoms with Crippen molar-refractivity contribution in [3.8, 4) is 0 Å². The molecule has 0 saturated heterocycles. The zero-order valence-electron chi connectivity index (χ0n) is 10.6. The first kappa shape index (κ1) is 12.7. The van der Waals surface area contributed by atoms with Gasteiger partial charge in [0.05, 0.1) is 0 Å². The Morgan fingerprint density at radius 3 is 2.81 bits per heavy atom. The van der Waals surface area contributed by atoms with Crippen molar-refractivity contribution in [2.24, 2.45) is 0 Å². The monoisotopic (exact) mass is 223 g/mol. The molecule has 4 nitrogen and oxygen atoms in total. The minimum atomic E-state index is -0.211. The quantitative estimate of drug-likeness (QED) is 0.764. The van der Waals surface area contributed by atoms with E-state index in [9.17, 15) is 4.79 Å². The van der Waals surface area contributed by atoms with Gasteiger partial charge in [0.2, 0.25) is 5.91 Å². The molecule has 4 heteroatoms. The lowest BCUT2D eigenvalue weighted by Gasteiger charge is -2.19. The van der Waals surface area contributed by atoms with Crippen LogP contribution < -0.4 is 0 Å². The number of nitrogens with zero attached hydrogens (tertiary/aromatic N) is 3. The molecule has 1 amide bonds. The number of aryl methyl sites for hydroxylation is 1. The molecule has 0 saturated carbocycles. The Bertz CT molecular complexity index is 344. The summed E-state index contributed by atoms with van der Waals surface area (Å²) in [6.07, 6.45) is 5.04. The average molecular weight is 223 g/mol. The highest BCUT2D eigenvalue weighted by atomic mass is 16.2. The molecular weight excluding hydrogens is 202 g/mol. The predicted molar refractivity (Wildman–Crippen MR) is 64.2 cm³/mol. The third-order valence-corrected chi connectivity index (χ3v) is 2.70. The summed E-state index contributed by atoms with van der Waals surface area (Å²) in [6, 6.07) is 1.78. The van der Waals surface area contributed by atoms with E-state index in [0.29, 0.717) is 0 Å². The number of likely N-dealkylation sites (N-methyl/N-ethyl adjacent to an activating group) is 1. The molecule has 0 radical (unpaired) electrons. The molecule has 0 aliphatic heterocycles. The standard InChI is InChI=1S/C12H21N3O/c1-5-6-7-11-8-9-13-15(11)10(2)12(16)14(3)4/h8-10H,5-7H2,1-4H3. The largest absolute Gasteiger partial charge is 0.347 e. The molecule has 1 aromatic rings. The van der Waals surface area contributed by atoms with Crippen LogP contribution in [0.5, 0.6) is 0 Å². The van der Waals surface area contributed by atoms with Crippen LogP contribution in [0.15, 0.2) is 12.3 Å². The van der Waals surface area contributed by atoms with E-state index < -0.39 is 0 Å². The number of unbranched alkanes of at least 4 members (excludes halogenated alkanes) is 1. The Morgan fingerprint density at radius 1 is 1.56 bits per heavy atom. The maximum Gasteiger partial charge on any atom is 0.246 e. The first-order valence-corrected chi connectivity index (χ1v) is 5.81. The smallest absolute Gasteiger partial charge is 0.246 e. The maximum atomic E-state index is 11.8. The first-order chi connectivity index (χ1) is 7.57. The molecular formula is C12H21N3O. The number of aromatic nitrogens is 2. The highest BCUT2D eigenvalue weighted by molar-refractivity contribution is 5.79. The molecule has 0 aliphatic rings. The van der Waals surface area contributed by atoms with Crippen LogP contribution in [-0.2, 0) is 11.2 Å². The summed E-state index contributed by atoms with van der Waals surface area (Å²) in [6.45, 7) is 4.06. The zero-order chi connectivity index (χ0) is 12.1. The van der Waals surface area contributed by atoms with E-state index >= 15 is 0 Å². The second-order valence-electron chi connectivity index (χ2n) is 4.28. The van der Waals surface area contributed by atoms with E-state index in [4.69, 9.17) is 0 Å². The molecule has 1 heterocycles. The molecule has 90 valence electrons. The third-order valence-electron chi connectivity index (χ3n) is 2.70. The van der Waals surface area contributed by atoms with Crippen LogP contribution in [0, 0.1) is 0 Å². The topological polar surface area (TPSA) is 38.1 Å². The van der Waals surface area contributed by atoms with Crippen molar-refractivity contribution in [2.75, 3.05) is 14.1 Å². The Kier molecular flexibility index (Phi) is 4.52. The van der Waals surface area contributed by atoms with Crippen molar-refractivity contribution in [1.29, 1.82) is 0 Å². The van der Waals surface area contributed by atoms with Crippen LogP contribution >= 0.6 is 0 Å². The zero-order valence-corrected chi connectivity index (χ0v) is 10.6. The summed E-state index contributed by atoms with van der Waals surface area (Å²) in [5, 5.41) is 4.24. The fourth-order valence-electron chi connectivity index (χ4n) is 1.72. The van der Waals surface area contributed by atoms with Gasteiger partial charge in [0.25, 0.3) is 0 Å². The minimum Gasteiger partial charge on any atom is -0.347 e. The lowest BCUT2D eigenvalue weighted by atomic mass is 10.2. The SMILES string of the molecule is CCCCc1ccnn1C(C)C(=O)N(C)C. The van der Waals surface area contributed by atoms with E-state index in [2.05, 4.69) is 12.0 Å². The fourth-order valence-corrected chi connectivity index (χ4v) is 1.72. The van der Waals surface area contributed by atoms with E-state index in [0.717, 1.165) is 25.0 Å². The molecule has 1 rings (SSSR count). The third kappa shape index (κ3) is 2.84. The fraction of sp³-hybridized carbons (Fsp3) is 0.667. The van der Waals surface area contributed by atoms with Crippen LogP contribution in [0.2, 0.25) is 0 Å². The van der Waals surface area contributed by atoms with Gasteiger partial charge in [-0.05, 0) is 25.8 Å². The highest BCUT2D eigenvalue weighted by Gasteiger charge is 2.19. The number of hydrogen-bond acceptors (Lipinski definition) is 2. The van der Waals surface area contributed by atoms with Crippen LogP contribution in [-0.4, -0.2) is 34.7 Å². The molecule has 0 aliphatic carbocycles. The number of amides is 1. The van der Waals surface area contributed by atoms with Gasteiger partial charge in [0.1, 0.15) is 6.04 Å². The molecule has 0 N–H and O–H groups in total. The Balaban J connectivity index is 2.78. The summed E-state index contributed by atoms with van der Waals surface area (Å²) in [4.78, 5) is 13.4. The van der Waals surface area contributed by atoms with Crippen molar-refractivity contribution in [1.82, 2.24) is 14.7 Å². The first-order valence-electron chi connectivity index (χ1n) is 5.81. The van der Waals surface area contributed by atoms with E-state index in [1.165, 1.54) is 0 Å². The molecule has 16 heavy (non-hydrogen) atoms. The lowest BCUT2D eigenvalue weighted by Crippen LogP contribution is -2.31. The predicted octanol–water partition coefficient (Wildman–Crippen LogP) is 1.87. The molecule has 1 aromatic heterocycles. The Hall–Kier alpha value is -1.32. The van der Waals surface area contributed by atoms with Crippen LogP contribution in [0.4, 0.5) is 0 Å². The Morgan fingerprint density at radius 2 is 2.25 bits per heavy atom. The van der Waals surface area contributed by atoms with Gasteiger partial charge in [0.15, 0.2) is 0 Å². The van der Waals surface area contributed by atoms with Crippen molar-refractivity contribution in [2.45, 2.75) is 39.2 Å². The summed E-state index contributed by atoms with van der Waals surface area (Å²) >= 11 is 0. The van der Waals surface area contributed by atoms with Gasteiger partial charge in [-0.2, -0.15) is 5.10 Å². The van der Waals surface area contributed by atoms with Gasteiger partial charge in [-0.3, -0.25) is 9.48 Å². The van der Waals surface area contributed by atoms with Crippen LogP contribution in [0.1, 0.15) is 38.4 Å². The van der Waals surface area contributed by atoms with Crippen LogP contribution in [0.3, 0.4) is 0 Å². The number of hydrogen-bond donors (Lipinski definition) is 0.